The fourth-order valence-electron chi connectivity index (χ4n) is 1.53. The summed E-state index contributed by atoms with van der Waals surface area (Å²) in [5, 5.41) is 1.46. The summed E-state index contributed by atoms with van der Waals surface area (Å²) in [6, 6.07) is 7.71. The zero-order valence-electron chi connectivity index (χ0n) is 11.3. The van der Waals surface area contributed by atoms with Crippen molar-refractivity contribution in [3.05, 3.63) is 41.2 Å². The Morgan fingerprint density at radius 3 is 2.60 bits per heavy atom. The van der Waals surface area contributed by atoms with Crippen molar-refractivity contribution in [3.8, 4) is 5.88 Å². The lowest BCUT2D eigenvalue weighted by molar-refractivity contribution is 0.233. The van der Waals surface area contributed by atoms with Gasteiger partial charge in [0.1, 0.15) is 17.0 Å². The van der Waals surface area contributed by atoms with Crippen LogP contribution in [0.25, 0.3) is 0 Å². The summed E-state index contributed by atoms with van der Waals surface area (Å²) < 4.78 is 5.55. The number of thioether (sulfide) groups is 1. The summed E-state index contributed by atoms with van der Waals surface area (Å²) in [5.74, 6) is 1.20. The standard InChI is InChI=1S/C14H16ClN3OS/c1-9(2)19-13-12(16)14(18-8-17-13)20-7-10-3-5-11(15)6-4-10/h3-6,8-9H,7,16H2,1-2H3. The number of nitrogens with two attached hydrogens (primary N) is 1. The number of nitrogen functional groups attached to an aromatic ring is 1. The molecule has 0 fully saturated rings. The van der Waals surface area contributed by atoms with Crippen LogP contribution in [-0.4, -0.2) is 16.1 Å². The molecule has 0 aliphatic rings. The summed E-state index contributed by atoms with van der Waals surface area (Å²) in [7, 11) is 0. The second kappa shape index (κ2) is 6.81. The molecule has 0 saturated carbocycles. The highest BCUT2D eigenvalue weighted by Gasteiger charge is 2.11. The number of halogens is 1. The van der Waals surface area contributed by atoms with Crippen molar-refractivity contribution in [2.45, 2.75) is 30.7 Å². The fourth-order valence-corrected chi connectivity index (χ4v) is 2.52. The fraction of sp³-hybridized carbons (Fsp3) is 0.286. The van der Waals surface area contributed by atoms with E-state index in [1.54, 1.807) is 11.8 Å². The first-order chi connectivity index (χ1) is 9.56. The maximum absolute atomic E-state index is 6.03. The molecule has 4 nitrogen and oxygen atoms in total. The number of hydrogen-bond acceptors (Lipinski definition) is 5. The second-order valence-corrected chi connectivity index (χ2v) is 5.88. The molecule has 2 rings (SSSR count). The van der Waals surface area contributed by atoms with Crippen LogP contribution in [0.15, 0.2) is 35.6 Å². The van der Waals surface area contributed by atoms with Gasteiger partial charge in [-0.2, -0.15) is 4.98 Å². The number of anilines is 1. The van der Waals surface area contributed by atoms with Gasteiger partial charge >= 0.3 is 0 Å². The van der Waals surface area contributed by atoms with Gasteiger partial charge in [0.05, 0.1) is 6.10 Å². The zero-order chi connectivity index (χ0) is 14.5. The number of ether oxygens (including phenoxy) is 1. The van der Waals surface area contributed by atoms with Crippen LogP contribution in [0.2, 0.25) is 5.02 Å². The van der Waals surface area contributed by atoms with Gasteiger partial charge in [-0.25, -0.2) is 4.98 Å². The summed E-state index contributed by atoms with van der Waals surface area (Å²) in [4.78, 5) is 8.26. The third-order valence-electron chi connectivity index (χ3n) is 2.45. The molecule has 0 aliphatic heterocycles. The Labute approximate surface area is 127 Å². The Balaban J connectivity index is 2.07. The first-order valence-electron chi connectivity index (χ1n) is 6.20. The Kier molecular flexibility index (Phi) is 5.09. The number of benzene rings is 1. The minimum Gasteiger partial charge on any atom is -0.473 e. The van der Waals surface area contributed by atoms with E-state index in [-0.39, 0.29) is 6.10 Å². The molecule has 2 aromatic rings. The Bertz CT molecular complexity index is 575. The first-order valence-corrected chi connectivity index (χ1v) is 7.57. The molecule has 0 aliphatic carbocycles. The minimum absolute atomic E-state index is 0.0290. The third-order valence-corrected chi connectivity index (χ3v) is 3.78. The second-order valence-electron chi connectivity index (χ2n) is 4.48. The minimum atomic E-state index is 0.0290. The summed E-state index contributed by atoms with van der Waals surface area (Å²) in [6.07, 6.45) is 1.50. The molecule has 0 unspecified atom stereocenters. The van der Waals surface area contributed by atoms with Crippen molar-refractivity contribution in [1.29, 1.82) is 0 Å². The Hall–Kier alpha value is -1.46. The van der Waals surface area contributed by atoms with Crippen LogP contribution in [0.5, 0.6) is 5.88 Å². The highest BCUT2D eigenvalue weighted by Crippen LogP contribution is 2.31. The predicted molar refractivity (Wildman–Crippen MR) is 83.2 cm³/mol. The van der Waals surface area contributed by atoms with Crippen molar-refractivity contribution in [1.82, 2.24) is 9.97 Å². The van der Waals surface area contributed by atoms with Crippen LogP contribution in [0, 0.1) is 0 Å². The van der Waals surface area contributed by atoms with Gasteiger partial charge in [-0.05, 0) is 31.5 Å². The van der Waals surface area contributed by atoms with Crippen molar-refractivity contribution in [3.63, 3.8) is 0 Å². The molecule has 1 aromatic heterocycles. The average Bonchev–Trinajstić information content (AvgIpc) is 2.41. The van der Waals surface area contributed by atoms with E-state index in [2.05, 4.69) is 9.97 Å². The van der Waals surface area contributed by atoms with E-state index in [1.807, 2.05) is 38.1 Å². The van der Waals surface area contributed by atoms with Crippen molar-refractivity contribution >= 4 is 29.1 Å². The van der Waals surface area contributed by atoms with E-state index in [0.29, 0.717) is 11.6 Å². The van der Waals surface area contributed by atoms with Crippen LogP contribution >= 0.6 is 23.4 Å². The third kappa shape index (κ3) is 4.02. The van der Waals surface area contributed by atoms with Gasteiger partial charge in [0.15, 0.2) is 0 Å². The van der Waals surface area contributed by atoms with Crippen LogP contribution in [0.3, 0.4) is 0 Å². The van der Waals surface area contributed by atoms with E-state index in [9.17, 15) is 0 Å². The smallest absolute Gasteiger partial charge is 0.241 e. The highest BCUT2D eigenvalue weighted by atomic mass is 35.5. The summed E-state index contributed by atoms with van der Waals surface area (Å²) in [5.41, 5.74) is 7.67. The molecule has 0 bridgehead atoms. The highest BCUT2D eigenvalue weighted by molar-refractivity contribution is 7.98. The van der Waals surface area contributed by atoms with E-state index >= 15 is 0 Å². The lowest BCUT2D eigenvalue weighted by Crippen LogP contribution is -2.10. The molecule has 0 radical (unpaired) electrons. The molecule has 106 valence electrons. The van der Waals surface area contributed by atoms with E-state index in [4.69, 9.17) is 22.1 Å². The van der Waals surface area contributed by atoms with Gasteiger partial charge in [0.25, 0.3) is 0 Å². The number of rotatable bonds is 5. The molecule has 20 heavy (non-hydrogen) atoms. The molecule has 1 aromatic carbocycles. The number of hydrogen-bond donors (Lipinski definition) is 1. The average molecular weight is 310 g/mol. The van der Waals surface area contributed by atoms with Crippen LogP contribution in [0.1, 0.15) is 19.4 Å². The maximum atomic E-state index is 6.03. The molecular formula is C14H16ClN3OS. The Morgan fingerprint density at radius 2 is 1.95 bits per heavy atom. The Morgan fingerprint density at radius 1 is 1.25 bits per heavy atom. The van der Waals surface area contributed by atoms with Gasteiger partial charge < -0.3 is 10.5 Å². The predicted octanol–water partition coefficient (Wildman–Crippen LogP) is 3.79. The molecule has 0 saturated heterocycles. The van der Waals surface area contributed by atoms with Gasteiger partial charge in [-0.1, -0.05) is 35.5 Å². The number of aromatic nitrogens is 2. The maximum Gasteiger partial charge on any atom is 0.241 e. The first kappa shape index (κ1) is 14.9. The topological polar surface area (TPSA) is 61.0 Å². The van der Waals surface area contributed by atoms with Gasteiger partial charge in [0.2, 0.25) is 5.88 Å². The molecule has 0 atom stereocenters. The molecule has 2 N–H and O–H groups in total. The molecule has 6 heteroatoms. The summed E-state index contributed by atoms with van der Waals surface area (Å²) >= 11 is 7.41. The molecule has 0 spiro atoms. The van der Waals surface area contributed by atoms with Crippen LogP contribution in [0.4, 0.5) is 5.69 Å². The van der Waals surface area contributed by atoms with E-state index in [1.165, 1.54) is 6.33 Å². The van der Waals surface area contributed by atoms with Gasteiger partial charge in [-0.15, -0.1) is 0 Å². The molecule has 0 amide bonds. The quantitative estimate of drug-likeness (QED) is 0.672. The zero-order valence-corrected chi connectivity index (χ0v) is 12.9. The van der Waals surface area contributed by atoms with Gasteiger partial charge in [-0.3, -0.25) is 0 Å². The normalized spacial score (nSPS) is 10.8. The van der Waals surface area contributed by atoms with E-state index in [0.717, 1.165) is 21.4 Å². The van der Waals surface area contributed by atoms with Crippen molar-refractivity contribution in [2.75, 3.05) is 5.73 Å². The summed E-state index contributed by atoms with van der Waals surface area (Å²) in [6.45, 7) is 3.87. The molecule has 1 heterocycles. The van der Waals surface area contributed by atoms with Gasteiger partial charge in [0, 0.05) is 10.8 Å². The monoisotopic (exact) mass is 309 g/mol. The van der Waals surface area contributed by atoms with Crippen LogP contribution < -0.4 is 10.5 Å². The lowest BCUT2D eigenvalue weighted by Gasteiger charge is -2.12. The van der Waals surface area contributed by atoms with E-state index < -0.39 is 0 Å². The van der Waals surface area contributed by atoms with Crippen molar-refractivity contribution < 1.29 is 4.74 Å². The SMILES string of the molecule is CC(C)Oc1ncnc(SCc2ccc(Cl)cc2)c1N. The van der Waals surface area contributed by atoms with Crippen LogP contribution in [-0.2, 0) is 5.75 Å². The van der Waals surface area contributed by atoms with Crippen molar-refractivity contribution in [2.24, 2.45) is 0 Å². The largest absolute Gasteiger partial charge is 0.473 e. The lowest BCUT2D eigenvalue weighted by atomic mass is 10.2. The molecular weight excluding hydrogens is 294 g/mol. The number of nitrogens with zero attached hydrogens (tertiary/aromatic N) is 2.